The van der Waals surface area contributed by atoms with E-state index in [0.29, 0.717) is 27.9 Å². The first-order chi connectivity index (χ1) is 13.6. The van der Waals surface area contributed by atoms with Gasteiger partial charge in [-0.15, -0.1) is 0 Å². The van der Waals surface area contributed by atoms with E-state index in [-0.39, 0.29) is 23.5 Å². The van der Waals surface area contributed by atoms with Crippen molar-refractivity contribution in [2.75, 3.05) is 6.61 Å². The molecule has 0 unspecified atom stereocenters. The largest absolute Gasteiger partial charge is 0.455 e. The van der Waals surface area contributed by atoms with Crippen LogP contribution in [0.1, 0.15) is 35.7 Å². The summed E-state index contributed by atoms with van der Waals surface area (Å²) in [5, 5.41) is 3.41. The summed E-state index contributed by atoms with van der Waals surface area (Å²) in [6.45, 7) is 4.42. The maximum absolute atomic E-state index is 12.9. The number of carbonyl (C=O) groups excluding carboxylic acids is 1. The van der Waals surface area contributed by atoms with Crippen LogP contribution in [0.5, 0.6) is 0 Å². The first-order valence-corrected chi connectivity index (χ1v) is 9.60. The van der Waals surface area contributed by atoms with E-state index in [2.05, 4.69) is 5.32 Å². The third-order valence-corrected chi connectivity index (χ3v) is 5.31. The summed E-state index contributed by atoms with van der Waals surface area (Å²) in [5.41, 5.74) is 1.89. The maximum Gasteiger partial charge on any atom is 0.255 e. The van der Waals surface area contributed by atoms with Crippen LogP contribution >= 0.6 is 0 Å². The molecule has 5 heteroatoms. The van der Waals surface area contributed by atoms with Gasteiger partial charge in [-0.1, -0.05) is 36.4 Å². The van der Waals surface area contributed by atoms with Crippen LogP contribution < -0.4 is 10.7 Å². The van der Waals surface area contributed by atoms with Crippen molar-refractivity contribution in [3.05, 3.63) is 69.9 Å². The molecular weight excluding hydrogens is 354 g/mol. The lowest BCUT2D eigenvalue weighted by Gasteiger charge is -2.20. The topological polar surface area (TPSA) is 68.5 Å². The average molecular weight is 377 g/mol. The van der Waals surface area contributed by atoms with Crippen molar-refractivity contribution in [2.24, 2.45) is 0 Å². The van der Waals surface area contributed by atoms with Gasteiger partial charge in [0.05, 0.1) is 23.1 Å². The Balaban J connectivity index is 1.77. The molecule has 0 saturated carbocycles. The molecule has 144 valence electrons. The number of hydrogen-bond donors (Lipinski definition) is 1. The van der Waals surface area contributed by atoms with Gasteiger partial charge in [0.15, 0.2) is 11.0 Å². The Bertz CT molecular complexity index is 1070. The second-order valence-corrected chi connectivity index (χ2v) is 7.25. The highest BCUT2D eigenvalue weighted by molar-refractivity contribution is 6.05. The molecule has 3 aromatic rings. The van der Waals surface area contributed by atoms with Gasteiger partial charge in [0.25, 0.3) is 5.91 Å². The Morgan fingerprint density at radius 2 is 1.93 bits per heavy atom. The molecule has 0 bridgehead atoms. The predicted octanol–water partition coefficient (Wildman–Crippen LogP) is 4.07. The van der Waals surface area contributed by atoms with E-state index in [9.17, 15) is 9.59 Å². The highest BCUT2D eigenvalue weighted by Crippen LogP contribution is 2.27. The highest BCUT2D eigenvalue weighted by Gasteiger charge is 2.25. The number of benzene rings is 2. The number of fused-ring (bicyclic) bond motifs is 1. The molecule has 1 aromatic heterocycles. The van der Waals surface area contributed by atoms with E-state index in [0.717, 1.165) is 25.0 Å². The minimum atomic E-state index is -0.264. The summed E-state index contributed by atoms with van der Waals surface area (Å²) in [6.07, 6.45) is 1.96. The van der Waals surface area contributed by atoms with Gasteiger partial charge in [-0.3, -0.25) is 9.59 Å². The lowest BCUT2D eigenvalue weighted by Crippen LogP contribution is -2.40. The van der Waals surface area contributed by atoms with Gasteiger partial charge in [0, 0.05) is 17.7 Å². The Morgan fingerprint density at radius 1 is 1.14 bits per heavy atom. The fraction of sp³-hybridized carbons (Fsp3) is 0.304. The molecular formula is C23H23NO4. The Morgan fingerprint density at radius 3 is 2.64 bits per heavy atom. The number of rotatable bonds is 4. The van der Waals surface area contributed by atoms with Crippen LogP contribution in [0.4, 0.5) is 0 Å². The Hall–Kier alpha value is -2.92. The van der Waals surface area contributed by atoms with E-state index in [1.807, 2.05) is 37.3 Å². The molecule has 28 heavy (non-hydrogen) atoms. The van der Waals surface area contributed by atoms with Gasteiger partial charge < -0.3 is 14.5 Å². The van der Waals surface area contributed by atoms with E-state index in [1.54, 1.807) is 25.1 Å². The number of hydrogen-bond acceptors (Lipinski definition) is 4. The number of para-hydroxylation sites is 1. The molecule has 2 heterocycles. The first-order valence-electron chi connectivity index (χ1n) is 9.60. The summed E-state index contributed by atoms with van der Waals surface area (Å²) in [5.74, 6) is 0.227. The smallest absolute Gasteiger partial charge is 0.255 e. The van der Waals surface area contributed by atoms with Crippen molar-refractivity contribution in [1.29, 1.82) is 0 Å². The van der Waals surface area contributed by atoms with Crippen molar-refractivity contribution in [3.63, 3.8) is 0 Å². The molecule has 2 aromatic carbocycles. The van der Waals surface area contributed by atoms with Crippen molar-refractivity contribution in [3.8, 4) is 11.3 Å². The lowest BCUT2D eigenvalue weighted by molar-refractivity contribution is 0.0712. The third kappa shape index (κ3) is 3.34. The SMILES string of the molecule is Cc1c(-c2ccccc2)oc2c(C(=O)N[C@H](C)[C@H]3CCCO3)cccc2c1=O. The van der Waals surface area contributed by atoms with E-state index < -0.39 is 0 Å². The molecule has 1 aliphatic rings. The molecule has 2 atom stereocenters. The zero-order chi connectivity index (χ0) is 19.7. The van der Waals surface area contributed by atoms with Crippen LogP contribution in [0.25, 0.3) is 22.3 Å². The quantitative estimate of drug-likeness (QED) is 0.744. The van der Waals surface area contributed by atoms with Crippen LogP contribution in [-0.2, 0) is 4.74 Å². The third-order valence-electron chi connectivity index (χ3n) is 5.31. The van der Waals surface area contributed by atoms with Gasteiger partial charge in [0.1, 0.15) is 5.76 Å². The van der Waals surface area contributed by atoms with Gasteiger partial charge in [-0.05, 0) is 38.8 Å². The maximum atomic E-state index is 12.9. The van der Waals surface area contributed by atoms with Gasteiger partial charge in [0.2, 0.25) is 0 Å². The van der Waals surface area contributed by atoms with Gasteiger partial charge >= 0.3 is 0 Å². The molecule has 5 nitrogen and oxygen atoms in total. The van der Waals surface area contributed by atoms with Crippen LogP contribution in [-0.4, -0.2) is 24.7 Å². The Kier molecular flexibility index (Phi) is 5.01. The van der Waals surface area contributed by atoms with Crippen LogP contribution in [0.15, 0.2) is 57.7 Å². The average Bonchev–Trinajstić information content (AvgIpc) is 3.26. The Labute approximate surface area is 163 Å². The molecule has 1 fully saturated rings. The molecule has 0 spiro atoms. The summed E-state index contributed by atoms with van der Waals surface area (Å²) >= 11 is 0. The van der Waals surface area contributed by atoms with E-state index >= 15 is 0 Å². The molecule has 0 aliphatic carbocycles. The fourth-order valence-electron chi connectivity index (χ4n) is 3.73. The molecule has 0 radical (unpaired) electrons. The minimum absolute atomic E-state index is 0.0214. The number of ether oxygens (including phenoxy) is 1. The molecule has 1 saturated heterocycles. The van der Waals surface area contributed by atoms with Crippen LogP contribution in [0.2, 0.25) is 0 Å². The first kappa shape index (κ1) is 18.4. The zero-order valence-electron chi connectivity index (χ0n) is 16.0. The zero-order valence-corrected chi connectivity index (χ0v) is 16.0. The summed E-state index contributed by atoms with van der Waals surface area (Å²) in [4.78, 5) is 25.9. The standard InChI is InChI=1S/C23H23NO4/c1-14-20(25)17-10-6-11-18(23(26)24-15(2)19-12-7-13-27-19)22(17)28-21(14)16-8-4-3-5-9-16/h3-6,8-11,15,19H,7,12-13H2,1-2H3,(H,24,26)/t15-,19-/m1/s1. The normalized spacial score (nSPS) is 17.6. The number of carbonyl (C=O) groups is 1. The van der Waals surface area contributed by atoms with Crippen molar-refractivity contribution < 1.29 is 13.9 Å². The fourth-order valence-corrected chi connectivity index (χ4v) is 3.73. The van der Waals surface area contributed by atoms with E-state index in [1.165, 1.54) is 0 Å². The van der Waals surface area contributed by atoms with Crippen molar-refractivity contribution in [1.82, 2.24) is 5.32 Å². The second-order valence-electron chi connectivity index (χ2n) is 7.25. The van der Waals surface area contributed by atoms with Gasteiger partial charge in [-0.25, -0.2) is 0 Å². The monoisotopic (exact) mass is 377 g/mol. The lowest BCUT2D eigenvalue weighted by atomic mass is 10.0. The van der Waals surface area contributed by atoms with E-state index in [4.69, 9.17) is 9.15 Å². The van der Waals surface area contributed by atoms with Crippen molar-refractivity contribution >= 4 is 16.9 Å². The summed E-state index contributed by atoms with van der Waals surface area (Å²) < 4.78 is 11.8. The highest BCUT2D eigenvalue weighted by atomic mass is 16.5. The molecule has 1 amide bonds. The van der Waals surface area contributed by atoms with Crippen LogP contribution in [0, 0.1) is 6.92 Å². The minimum Gasteiger partial charge on any atom is -0.455 e. The molecule has 1 aliphatic heterocycles. The predicted molar refractivity (Wildman–Crippen MR) is 109 cm³/mol. The summed E-state index contributed by atoms with van der Waals surface area (Å²) in [7, 11) is 0. The number of amides is 1. The second kappa shape index (κ2) is 7.60. The summed E-state index contributed by atoms with van der Waals surface area (Å²) in [6, 6.07) is 14.4. The molecule has 1 N–H and O–H groups in total. The number of nitrogens with one attached hydrogen (secondary N) is 1. The molecule has 4 rings (SSSR count). The van der Waals surface area contributed by atoms with Crippen LogP contribution in [0.3, 0.4) is 0 Å². The van der Waals surface area contributed by atoms with Gasteiger partial charge in [-0.2, -0.15) is 0 Å². The van der Waals surface area contributed by atoms with Crippen molar-refractivity contribution in [2.45, 2.75) is 38.8 Å².